The minimum absolute atomic E-state index is 0.0461. The quantitative estimate of drug-likeness (QED) is 0.510. The van der Waals surface area contributed by atoms with Gasteiger partial charge in [-0.2, -0.15) is 0 Å². The molecule has 2 aromatic rings. The summed E-state index contributed by atoms with van der Waals surface area (Å²) in [6.07, 6.45) is 1.70. The van der Waals surface area contributed by atoms with Crippen LogP contribution in [0.1, 0.15) is 18.9 Å². The second-order valence-electron chi connectivity index (χ2n) is 4.15. The van der Waals surface area contributed by atoms with Crippen molar-refractivity contribution in [3.05, 3.63) is 38.9 Å². The molecular formula is C12H13ClN4O2. The normalized spacial score (nSPS) is 10.7. The summed E-state index contributed by atoms with van der Waals surface area (Å²) in [6.45, 7) is 2.03. The molecule has 19 heavy (non-hydrogen) atoms. The molecule has 0 fully saturated rings. The number of benzene rings is 1. The van der Waals surface area contributed by atoms with E-state index < -0.39 is 4.92 Å². The number of halogens is 1. The van der Waals surface area contributed by atoms with Crippen LogP contribution in [0.3, 0.4) is 0 Å². The van der Waals surface area contributed by atoms with Crippen molar-refractivity contribution in [1.82, 2.24) is 4.98 Å². The fourth-order valence-electron chi connectivity index (χ4n) is 1.96. The van der Waals surface area contributed by atoms with Crippen molar-refractivity contribution in [2.24, 2.45) is 5.84 Å². The number of non-ortho nitro benzene ring substituents is 1. The second kappa shape index (κ2) is 5.38. The van der Waals surface area contributed by atoms with Gasteiger partial charge in [0.25, 0.3) is 5.69 Å². The Kier molecular flexibility index (Phi) is 3.82. The number of nitrogen functional groups attached to an aromatic ring is 1. The minimum Gasteiger partial charge on any atom is -0.308 e. The van der Waals surface area contributed by atoms with Crippen LogP contribution < -0.4 is 11.3 Å². The largest absolute Gasteiger partial charge is 0.308 e. The van der Waals surface area contributed by atoms with Gasteiger partial charge in [0.2, 0.25) is 0 Å². The average Bonchev–Trinajstić information content (AvgIpc) is 2.38. The fourth-order valence-corrected chi connectivity index (χ4v) is 2.23. The van der Waals surface area contributed by atoms with Crippen LogP contribution >= 0.6 is 11.6 Å². The molecule has 0 saturated heterocycles. The van der Waals surface area contributed by atoms with E-state index >= 15 is 0 Å². The first kappa shape index (κ1) is 13.5. The van der Waals surface area contributed by atoms with Gasteiger partial charge in [0, 0.05) is 17.5 Å². The Hall–Kier alpha value is -1.92. The molecule has 100 valence electrons. The molecule has 0 atom stereocenters. The number of nitro groups is 1. The Bertz CT molecular complexity index is 645. The van der Waals surface area contributed by atoms with Gasteiger partial charge < -0.3 is 5.43 Å². The number of nitro benzene ring substituents is 1. The number of fused-ring (bicyclic) bond motifs is 1. The molecule has 0 aliphatic heterocycles. The van der Waals surface area contributed by atoms with E-state index in [1.165, 1.54) is 12.1 Å². The summed E-state index contributed by atoms with van der Waals surface area (Å²) in [6, 6.07) is 4.59. The van der Waals surface area contributed by atoms with E-state index in [4.69, 9.17) is 17.4 Å². The molecule has 6 nitrogen and oxygen atoms in total. The fraction of sp³-hybridized carbons (Fsp3) is 0.250. The molecule has 1 heterocycles. The Morgan fingerprint density at radius 2 is 2.21 bits per heavy atom. The first-order valence-corrected chi connectivity index (χ1v) is 6.18. The number of aromatic nitrogens is 1. The van der Waals surface area contributed by atoms with Crippen LogP contribution in [0.2, 0.25) is 5.02 Å². The van der Waals surface area contributed by atoms with Gasteiger partial charge in [-0.15, -0.1) is 0 Å². The lowest BCUT2D eigenvalue weighted by atomic mass is 10.1. The van der Waals surface area contributed by atoms with Gasteiger partial charge >= 0.3 is 0 Å². The molecule has 0 bridgehead atoms. The number of nitrogens with one attached hydrogen (secondary N) is 1. The van der Waals surface area contributed by atoms with Gasteiger partial charge in [-0.25, -0.2) is 10.8 Å². The van der Waals surface area contributed by atoms with Crippen molar-refractivity contribution < 1.29 is 4.92 Å². The van der Waals surface area contributed by atoms with Gasteiger partial charge in [-0.05, 0) is 18.1 Å². The summed E-state index contributed by atoms with van der Waals surface area (Å²) in [5.41, 5.74) is 3.90. The highest BCUT2D eigenvalue weighted by molar-refractivity contribution is 6.35. The lowest BCUT2D eigenvalue weighted by Gasteiger charge is -2.10. The summed E-state index contributed by atoms with van der Waals surface area (Å²) >= 11 is 6.03. The van der Waals surface area contributed by atoms with Gasteiger partial charge in [0.1, 0.15) is 5.82 Å². The standard InChI is InChI=1S/C12H13ClN4O2/c1-2-3-7-4-8-5-9(17(18)19)6-10(13)11(8)15-12(7)16-14/h4-6H,2-3,14H2,1H3,(H,15,16). The van der Waals surface area contributed by atoms with Gasteiger partial charge in [0.15, 0.2) is 0 Å². The minimum atomic E-state index is -0.472. The highest BCUT2D eigenvalue weighted by Crippen LogP contribution is 2.30. The molecule has 0 saturated carbocycles. The van der Waals surface area contributed by atoms with Gasteiger partial charge in [-0.1, -0.05) is 24.9 Å². The van der Waals surface area contributed by atoms with E-state index in [0.717, 1.165) is 18.4 Å². The van der Waals surface area contributed by atoms with Crippen molar-refractivity contribution in [2.75, 3.05) is 5.43 Å². The highest BCUT2D eigenvalue weighted by atomic mass is 35.5. The summed E-state index contributed by atoms with van der Waals surface area (Å²) < 4.78 is 0. The number of hydrogen-bond acceptors (Lipinski definition) is 5. The van der Waals surface area contributed by atoms with Crippen LogP contribution in [0.5, 0.6) is 0 Å². The predicted molar refractivity (Wildman–Crippen MR) is 75.2 cm³/mol. The number of aryl methyl sites for hydroxylation is 1. The maximum absolute atomic E-state index is 10.8. The topological polar surface area (TPSA) is 94.1 Å². The monoisotopic (exact) mass is 280 g/mol. The van der Waals surface area contributed by atoms with E-state index in [1.807, 2.05) is 13.0 Å². The molecule has 0 spiro atoms. The van der Waals surface area contributed by atoms with Crippen LogP contribution in [0, 0.1) is 10.1 Å². The van der Waals surface area contributed by atoms with Crippen LogP contribution in [0.25, 0.3) is 10.9 Å². The summed E-state index contributed by atoms with van der Waals surface area (Å²) in [4.78, 5) is 14.7. The Morgan fingerprint density at radius 1 is 1.47 bits per heavy atom. The second-order valence-corrected chi connectivity index (χ2v) is 4.55. The Balaban J connectivity index is 2.70. The molecular weight excluding hydrogens is 268 g/mol. The van der Waals surface area contributed by atoms with E-state index in [2.05, 4.69) is 10.4 Å². The molecule has 3 N–H and O–H groups in total. The number of pyridine rings is 1. The van der Waals surface area contributed by atoms with E-state index in [-0.39, 0.29) is 10.7 Å². The highest BCUT2D eigenvalue weighted by Gasteiger charge is 2.14. The number of hydrazine groups is 1. The summed E-state index contributed by atoms with van der Waals surface area (Å²) in [5.74, 6) is 5.98. The average molecular weight is 281 g/mol. The number of nitrogens with two attached hydrogens (primary N) is 1. The van der Waals surface area contributed by atoms with Crippen LogP contribution in [0.15, 0.2) is 18.2 Å². The molecule has 0 unspecified atom stereocenters. The first-order chi connectivity index (χ1) is 9.06. The van der Waals surface area contributed by atoms with Crippen LogP contribution in [0.4, 0.5) is 11.5 Å². The lowest BCUT2D eigenvalue weighted by Crippen LogP contribution is -2.11. The Morgan fingerprint density at radius 3 is 2.79 bits per heavy atom. The molecule has 0 aliphatic carbocycles. The van der Waals surface area contributed by atoms with Crippen molar-refractivity contribution >= 4 is 34.0 Å². The molecule has 1 aromatic heterocycles. The van der Waals surface area contributed by atoms with Crippen LogP contribution in [-0.2, 0) is 6.42 Å². The number of anilines is 1. The van der Waals surface area contributed by atoms with Crippen molar-refractivity contribution in [3.8, 4) is 0 Å². The van der Waals surface area contributed by atoms with Gasteiger partial charge in [-0.3, -0.25) is 10.1 Å². The number of rotatable bonds is 4. The first-order valence-electron chi connectivity index (χ1n) is 5.81. The van der Waals surface area contributed by atoms with Crippen molar-refractivity contribution in [1.29, 1.82) is 0 Å². The molecule has 1 aromatic carbocycles. The predicted octanol–water partition coefficient (Wildman–Crippen LogP) is 3.03. The van der Waals surface area contributed by atoms with Crippen LogP contribution in [-0.4, -0.2) is 9.91 Å². The Labute approximate surface area is 114 Å². The maximum Gasteiger partial charge on any atom is 0.271 e. The SMILES string of the molecule is CCCc1cc2cc([N+](=O)[O-])cc(Cl)c2nc1NN. The third kappa shape index (κ3) is 2.59. The van der Waals surface area contributed by atoms with E-state index in [9.17, 15) is 10.1 Å². The summed E-state index contributed by atoms with van der Waals surface area (Å²) in [7, 11) is 0. The number of hydrogen-bond donors (Lipinski definition) is 2. The third-order valence-corrected chi connectivity index (χ3v) is 3.09. The zero-order valence-electron chi connectivity index (χ0n) is 10.3. The maximum atomic E-state index is 10.8. The summed E-state index contributed by atoms with van der Waals surface area (Å²) in [5, 5.41) is 11.7. The zero-order chi connectivity index (χ0) is 14.0. The van der Waals surface area contributed by atoms with Gasteiger partial charge in [0.05, 0.1) is 15.5 Å². The third-order valence-electron chi connectivity index (χ3n) is 2.80. The van der Waals surface area contributed by atoms with Crippen molar-refractivity contribution in [2.45, 2.75) is 19.8 Å². The molecule has 2 rings (SSSR count). The molecule has 0 aliphatic rings. The van der Waals surface area contributed by atoms with Crippen molar-refractivity contribution in [3.63, 3.8) is 0 Å². The zero-order valence-corrected chi connectivity index (χ0v) is 11.1. The molecule has 0 radical (unpaired) electrons. The smallest absolute Gasteiger partial charge is 0.271 e. The molecule has 0 amide bonds. The van der Waals surface area contributed by atoms with E-state index in [0.29, 0.717) is 16.7 Å². The number of nitrogens with zero attached hydrogens (tertiary/aromatic N) is 2. The lowest BCUT2D eigenvalue weighted by molar-refractivity contribution is -0.384. The molecule has 7 heteroatoms. The van der Waals surface area contributed by atoms with E-state index in [1.54, 1.807) is 0 Å².